The molecule has 0 saturated heterocycles. The summed E-state index contributed by atoms with van der Waals surface area (Å²) in [6.45, 7) is 6.32. The highest BCUT2D eigenvalue weighted by Gasteiger charge is 2.13. The molecule has 0 atom stereocenters. The molecule has 7 heteroatoms. The molecule has 0 saturated carbocycles. The summed E-state index contributed by atoms with van der Waals surface area (Å²) >= 11 is 0. The molecule has 3 aromatic carbocycles. The Morgan fingerprint density at radius 3 is 2.56 bits per heavy atom. The number of nitro groups is 1. The number of halogens is 1. The Bertz CT molecular complexity index is 1130. The van der Waals surface area contributed by atoms with E-state index in [-0.39, 0.29) is 18.1 Å². The molecule has 0 heterocycles. The van der Waals surface area contributed by atoms with Crippen LogP contribution in [0.2, 0.25) is 0 Å². The van der Waals surface area contributed by atoms with Crippen LogP contribution in [-0.4, -0.2) is 17.7 Å². The molecule has 0 bridgehead atoms. The maximum atomic E-state index is 13.5. The number of non-ortho nitro benzene ring substituents is 1. The third-order valence-electron chi connectivity index (χ3n) is 4.51. The summed E-state index contributed by atoms with van der Waals surface area (Å²) < 4.78 is 25.3. The molecule has 0 aromatic heterocycles. The average Bonchev–Trinajstić information content (AvgIpc) is 2.78. The van der Waals surface area contributed by atoms with Crippen molar-refractivity contribution in [2.24, 2.45) is 4.99 Å². The lowest BCUT2D eigenvalue weighted by molar-refractivity contribution is -0.384. The largest absolute Gasteiger partial charge is 0.490 e. The number of nitrogens with zero attached hydrogens (tertiary/aromatic N) is 2. The molecule has 0 spiro atoms. The van der Waals surface area contributed by atoms with Gasteiger partial charge in [-0.05, 0) is 60.9 Å². The Morgan fingerprint density at radius 2 is 1.91 bits per heavy atom. The van der Waals surface area contributed by atoms with Gasteiger partial charge in [0.1, 0.15) is 12.4 Å². The van der Waals surface area contributed by atoms with Crippen LogP contribution < -0.4 is 9.47 Å². The first-order valence-corrected chi connectivity index (χ1v) is 10.1. The second-order valence-electron chi connectivity index (χ2n) is 6.88. The lowest BCUT2D eigenvalue weighted by atomic mass is 10.1. The van der Waals surface area contributed by atoms with Gasteiger partial charge in [0, 0.05) is 23.9 Å². The van der Waals surface area contributed by atoms with Crippen molar-refractivity contribution in [3.8, 4) is 11.5 Å². The predicted molar refractivity (Wildman–Crippen MR) is 123 cm³/mol. The molecule has 0 aliphatic heterocycles. The van der Waals surface area contributed by atoms with Crippen molar-refractivity contribution in [3.63, 3.8) is 0 Å². The van der Waals surface area contributed by atoms with E-state index in [1.807, 2.05) is 19.1 Å². The molecule has 164 valence electrons. The van der Waals surface area contributed by atoms with Gasteiger partial charge in [0.15, 0.2) is 11.5 Å². The number of hydrogen-bond donors (Lipinski definition) is 0. The van der Waals surface area contributed by atoms with Crippen molar-refractivity contribution in [2.75, 3.05) is 6.61 Å². The first kappa shape index (κ1) is 22.7. The molecule has 3 rings (SSSR count). The molecule has 0 unspecified atom stereocenters. The summed E-state index contributed by atoms with van der Waals surface area (Å²) in [6.07, 6.45) is 3.96. The Labute approximate surface area is 185 Å². The number of nitro benzene ring substituents is 1. The first-order valence-electron chi connectivity index (χ1n) is 10.1. The molecular weight excluding hydrogens is 411 g/mol. The quantitative estimate of drug-likeness (QED) is 0.165. The molecule has 6 nitrogen and oxygen atoms in total. The molecule has 3 aromatic rings. The first-order chi connectivity index (χ1) is 15.5. The number of hydrogen-bond acceptors (Lipinski definition) is 5. The van der Waals surface area contributed by atoms with Gasteiger partial charge < -0.3 is 9.47 Å². The molecule has 0 N–H and O–H groups in total. The number of aliphatic imine (C=N–C) groups is 1. The highest BCUT2D eigenvalue weighted by Crippen LogP contribution is 2.34. The minimum absolute atomic E-state index is 0.00986. The average molecular weight is 434 g/mol. The SMILES string of the molecule is C=CCc1cc(C=Nc2ccc([N+](=O)[O-])cc2)cc(OCC)c1OCc1cccc(F)c1. The Balaban J connectivity index is 1.88. The van der Waals surface area contributed by atoms with E-state index in [4.69, 9.17) is 9.47 Å². The maximum absolute atomic E-state index is 13.5. The zero-order valence-electron chi connectivity index (χ0n) is 17.7. The summed E-state index contributed by atoms with van der Waals surface area (Å²) in [4.78, 5) is 14.7. The fourth-order valence-electron chi connectivity index (χ4n) is 3.08. The van der Waals surface area contributed by atoms with Crippen molar-refractivity contribution >= 4 is 17.6 Å². The van der Waals surface area contributed by atoms with E-state index in [1.54, 1.807) is 36.6 Å². The van der Waals surface area contributed by atoms with Crippen molar-refractivity contribution in [3.05, 3.63) is 106 Å². The number of benzene rings is 3. The van der Waals surface area contributed by atoms with Gasteiger partial charge >= 0.3 is 0 Å². The Hall–Kier alpha value is -4.00. The second-order valence-corrected chi connectivity index (χ2v) is 6.88. The van der Waals surface area contributed by atoms with Crippen LogP contribution in [0.4, 0.5) is 15.8 Å². The van der Waals surface area contributed by atoms with Gasteiger partial charge in [-0.15, -0.1) is 6.58 Å². The highest BCUT2D eigenvalue weighted by molar-refractivity contribution is 5.84. The summed E-state index contributed by atoms with van der Waals surface area (Å²) in [5, 5.41) is 10.8. The van der Waals surface area contributed by atoms with E-state index >= 15 is 0 Å². The second kappa shape index (κ2) is 10.9. The summed E-state index contributed by atoms with van der Waals surface area (Å²) in [5.74, 6) is 0.803. The third-order valence-corrected chi connectivity index (χ3v) is 4.51. The highest BCUT2D eigenvalue weighted by atomic mass is 19.1. The van der Waals surface area contributed by atoms with Crippen molar-refractivity contribution < 1.29 is 18.8 Å². The lowest BCUT2D eigenvalue weighted by Gasteiger charge is -2.17. The number of rotatable bonds is 10. The van der Waals surface area contributed by atoms with E-state index in [1.165, 1.54) is 24.3 Å². The van der Waals surface area contributed by atoms with Crippen molar-refractivity contribution in [1.82, 2.24) is 0 Å². The van der Waals surface area contributed by atoms with Crippen LogP contribution in [0.25, 0.3) is 0 Å². The fraction of sp³-hybridized carbons (Fsp3) is 0.160. The van der Waals surface area contributed by atoms with E-state index in [0.29, 0.717) is 35.8 Å². The van der Waals surface area contributed by atoms with Crippen LogP contribution in [0, 0.1) is 15.9 Å². The van der Waals surface area contributed by atoms with Crippen molar-refractivity contribution in [2.45, 2.75) is 20.0 Å². The van der Waals surface area contributed by atoms with Crippen LogP contribution in [0.3, 0.4) is 0 Å². The van der Waals surface area contributed by atoms with Gasteiger partial charge in [0.2, 0.25) is 0 Å². The van der Waals surface area contributed by atoms with Crippen LogP contribution in [0.15, 0.2) is 78.3 Å². The van der Waals surface area contributed by atoms with Crippen LogP contribution in [0.5, 0.6) is 11.5 Å². The number of allylic oxidation sites excluding steroid dienone is 1. The Morgan fingerprint density at radius 1 is 1.12 bits per heavy atom. The van der Waals surface area contributed by atoms with E-state index in [0.717, 1.165) is 11.1 Å². The van der Waals surface area contributed by atoms with Gasteiger partial charge in [0.05, 0.1) is 17.2 Å². The van der Waals surface area contributed by atoms with Gasteiger partial charge in [0.25, 0.3) is 5.69 Å². The van der Waals surface area contributed by atoms with E-state index in [9.17, 15) is 14.5 Å². The molecule has 0 aliphatic rings. The van der Waals surface area contributed by atoms with E-state index in [2.05, 4.69) is 11.6 Å². The zero-order chi connectivity index (χ0) is 22.9. The minimum Gasteiger partial charge on any atom is -0.490 e. The van der Waals surface area contributed by atoms with Crippen LogP contribution in [0.1, 0.15) is 23.6 Å². The zero-order valence-corrected chi connectivity index (χ0v) is 17.7. The third kappa shape index (κ3) is 6.01. The summed E-state index contributed by atoms with van der Waals surface area (Å²) in [7, 11) is 0. The van der Waals surface area contributed by atoms with Gasteiger partial charge in [-0.2, -0.15) is 0 Å². The normalized spacial score (nSPS) is 10.8. The minimum atomic E-state index is -0.452. The standard InChI is InChI=1S/C25H23FN2O4/c1-3-6-20-13-19(16-27-22-9-11-23(12-10-22)28(29)30)15-24(31-4-2)25(20)32-17-18-7-5-8-21(26)14-18/h3,5,7-16H,1,4,6,17H2,2H3. The van der Waals surface area contributed by atoms with Crippen molar-refractivity contribution in [1.29, 1.82) is 0 Å². The molecule has 0 amide bonds. The molecule has 0 aliphatic carbocycles. The van der Waals surface area contributed by atoms with Crippen LogP contribution >= 0.6 is 0 Å². The molecule has 0 radical (unpaired) electrons. The van der Waals surface area contributed by atoms with Crippen LogP contribution in [-0.2, 0) is 13.0 Å². The lowest BCUT2D eigenvalue weighted by Crippen LogP contribution is -2.04. The van der Waals surface area contributed by atoms with Gasteiger partial charge in [-0.1, -0.05) is 18.2 Å². The molecular formula is C25H23FN2O4. The number of ether oxygens (including phenoxy) is 2. The van der Waals surface area contributed by atoms with Gasteiger partial charge in [-0.3, -0.25) is 15.1 Å². The molecule has 0 fully saturated rings. The van der Waals surface area contributed by atoms with Gasteiger partial charge in [-0.25, -0.2) is 4.39 Å². The molecule has 32 heavy (non-hydrogen) atoms. The smallest absolute Gasteiger partial charge is 0.269 e. The predicted octanol–water partition coefficient (Wildman–Crippen LogP) is 6.19. The topological polar surface area (TPSA) is 74.0 Å². The summed E-state index contributed by atoms with van der Waals surface area (Å²) in [6, 6.07) is 16.0. The monoisotopic (exact) mass is 434 g/mol. The Kier molecular flexibility index (Phi) is 7.70. The summed E-state index contributed by atoms with van der Waals surface area (Å²) in [5.41, 5.74) is 2.94. The van der Waals surface area contributed by atoms with E-state index < -0.39 is 4.92 Å². The maximum Gasteiger partial charge on any atom is 0.269 e. The fourth-order valence-corrected chi connectivity index (χ4v) is 3.08.